The number of aromatic nitrogens is 3. The van der Waals surface area contributed by atoms with Crippen molar-refractivity contribution in [3.63, 3.8) is 0 Å². The zero-order chi connectivity index (χ0) is 20.1. The summed E-state index contributed by atoms with van der Waals surface area (Å²) in [5.74, 6) is 0.0135. The van der Waals surface area contributed by atoms with Crippen molar-refractivity contribution in [3.8, 4) is 0 Å². The van der Waals surface area contributed by atoms with Crippen LogP contribution in [0.4, 0.5) is 0 Å². The number of carbonyl (C=O) groups excluding carboxylic acids is 2. The summed E-state index contributed by atoms with van der Waals surface area (Å²) in [5, 5.41) is 11.3. The maximum atomic E-state index is 12.6. The number of piperidine rings is 1. The Kier molecular flexibility index (Phi) is 6.36. The number of rotatable bonds is 7. The number of amides is 2. The lowest BCUT2D eigenvalue weighted by molar-refractivity contribution is -0.138. The number of benzene rings is 1. The van der Waals surface area contributed by atoms with Gasteiger partial charge >= 0.3 is 0 Å². The fourth-order valence-corrected chi connectivity index (χ4v) is 3.94. The maximum Gasteiger partial charge on any atom is 0.224 e. The Hall–Kier alpha value is -2.52. The van der Waals surface area contributed by atoms with Gasteiger partial charge in [-0.05, 0) is 18.6 Å². The largest absolute Gasteiger partial charge is 0.379 e. The second-order valence-electron chi connectivity index (χ2n) is 7.62. The van der Waals surface area contributed by atoms with Crippen molar-refractivity contribution in [2.75, 3.05) is 52.5 Å². The number of morpholine rings is 1. The van der Waals surface area contributed by atoms with E-state index in [1.54, 1.807) is 4.68 Å². The average molecular weight is 400 g/mol. The van der Waals surface area contributed by atoms with Crippen LogP contribution in [0.25, 0.3) is 11.0 Å². The zero-order valence-corrected chi connectivity index (χ0v) is 16.6. The van der Waals surface area contributed by atoms with Gasteiger partial charge in [0.15, 0.2) is 0 Å². The summed E-state index contributed by atoms with van der Waals surface area (Å²) >= 11 is 0. The summed E-state index contributed by atoms with van der Waals surface area (Å²) in [7, 11) is 0. The topological polar surface area (TPSA) is 92.6 Å². The van der Waals surface area contributed by atoms with Crippen LogP contribution in [0.1, 0.15) is 12.8 Å². The molecule has 3 heterocycles. The number of carbonyl (C=O) groups is 2. The van der Waals surface area contributed by atoms with Crippen LogP contribution in [0.15, 0.2) is 24.3 Å². The van der Waals surface area contributed by atoms with Crippen LogP contribution in [-0.2, 0) is 20.9 Å². The quantitative estimate of drug-likeness (QED) is 0.710. The van der Waals surface area contributed by atoms with Crippen LogP contribution in [-0.4, -0.2) is 89.1 Å². The van der Waals surface area contributed by atoms with Gasteiger partial charge in [-0.2, -0.15) is 0 Å². The molecule has 0 bridgehead atoms. The first-order chi connectivity index (χ1) is 14.2. The summed E-state index contributed by atoms with van der Waals surface area (Å²) < 4.78 is 7.16. The van der Waals surface area contributed by atoms with Crippen LogP contribution in [0.5, 0.6) is 0 Å². The van der Waals surface area contributed by atoms with Gasteiger partial charge in [0.1, 0.15) is 5.52 Å². The highest BCUT2D eigenvalue weighted by atomic mass is 16.5. The molecular formula is C20H28N6O3. The third kappa shape index (κ3) is 4.91. The van der Waals surface area contributed by atoms with Crippen LogP contribution in [0.2, 0.25) is 0 Å². The number of nitrogens with zero attached hydrogens (tertiary/aromatic N) is 5. The van der Waals surface area contributed by atoms with E-state index in [-0.39, 0.29) is 17.7 Å². The molecule has 0 saturated carbocycles. The molecule has 1 N–H and O–H groups in total. The fraction of sp³-hybridized carbons (Fsp3) is 0.600. The highest BCUT2D eigenvalue weighted by Gasteiger charge is 2.30. The van der Waals surface area contributed by atoms with Crippen molar-refractivity contribution in [2.45, 2.75) is 19.4 Å². The molecule has 1 aromatic carbocycles. The normalized spacial score (nSPS) is 20.9. The second-order valence-corrected chi connectivity index (χ2v) is 7.62. The van der Waals surface area contributed by atoms with Crippen LogP contribution in [0, 0.1) is 5.92 Å². The summed E-state index contributed by atoms with van der Waals surface area (Å²) in [5.41, 5.74) is 1.81. The predicted octanol–water partition coefficient (Wildman–Crippen LogP) is 0.118. The van der Waals surface area contributed by atoms with Gasteiger partial charge in [0.05, 0.1) is 31.2 Å². The third-order valence-electron chi connectivity index (χ3n) is 5.70. The highest BCUT2D eigenvalue weighted by molar-refractivity contribution is 5.83. The molecule has 9 nitrogen and oxygen atoms in total. The van der Waals surface area contributed by atoms with Gasteiger partial charge in [0.2, 0.25) is 11.8 Å². The monoisotopic (exact) mass is 400 g/mol. The average Bonchev–Trinajstić information content (AvgIpc) is 3.17. The predicted molar refractivity (Wildman–Crippen MR) is 107 cm³/mol. The first-order valence-corrected chi connectivity index (χ1v) is 10.3. The van der Waals surface area contributed by atoms with Gasteiger partial charge in [-0.3, -0.25) is 14.5 Å². The molecule has 0 radical (unpaired) electrons. The summed E-state index contributed by atoms with van der Waals surface area (Å²) in [6.07, 6.45) is 1.06. The number of hydrogen-bond acceptors (Lipinski definition) is 6. The van der Waals surface area contributed by atoms with Gasteiger partial charge in [-0.1, -0.05) is 17.3 Å². The van der Waals surface area contributed by atoms with E-state index in [0.29, 0.717) is 39.0 Å². The summed E-state index contributed by atoms with van der Waals surface area (Å²) in [6.45, 7) is 6.38. The maximum absolute atomic E-state index is 12.6. The smallest absolute Gasteiger partial charge is 0.224 e. The van der Waals surface area contributed by atoms with Gasteiger partial charge in [0.25, 0.3) is 0 Å². The molecule has 156 valence electrons. The van der Waals surface area contributed by atoms with Crippen molar-refractivity contribution in [3.05, 3.63) is 24.3 Å². The lowest BCUT2D eigenvalue weighted by Crippen LogP contribution is -2.49. The van der Waals surface area contributed by atoms with E-state index in [1.165, 1.54) is 0 Å². The summed E-state index contributed by atoms with van der Waals surface area (Å²) in [4.78, 5) is 29.0. The Balaban J connectivity index is 1.24. The van der Waals surface area contributed by atoms with Crippen LogP contribution < -0.4 is 5.32 Å². The molecule has 2 aliphatic heterocycles. The minimum atomic E-state index is -0.148. The minimum absolute atomic E-state index is 0.0123. The number of likely N-dealkylation sites (tertiary alicyclic amines) is 1. The van der Waals surface area contributed by atoms with Gasteiger partial charge in [-0.25, -0.2) is 4.68 Å². The Bertz CT molecular complexity index is 848. The van der Waals surface area contributed by atoms with Crippen molar-refractivity contribution >= 4 is 22.8 Å². The molecule has 29 heavy (non-hydrogen) atoms. The van der Waals surface area contributed by atoms with Gasteiger partial charge in [-0.15, -0.1) is 5.10 Å². The third-order valence-corrected chi connectivity index (χ3v) is 5.70. The van der Waals surface area contributed by atoms with Crippen LogP contribution >= 0.6 is 0 Å². The van der Waals surface area contributed by atoms with Crippen molar-refractivity contribution in [2.24, 2.45) is 5.92 Å². The van der Waals surface area contributed by atoms with Crippen LogP contribution in [0.3, 0.4) is 0 Å². The van der Waals surface area contributed by atoms with Gasteiger partial charge in [0, 0.05) is 45.7 Å². The molecule has 9 heteroatoms. The first kappa shape index (κ1) is 19.8. The highest BCUT2D eigenvalue weighted by Crippen LogP contribution is 2.18. The molecule has 4 rings (SSSR count). The summed E-state index contributed by atoms with van der Waals surface area (Å²) in [6, 6.07) is 7.77. The molecule has 2 aromatic rings. The molecule has 2 amide bonds. The van der Waals surface area contributed by atoms with Crippen molar-refractivity contribution < 1.29 is 14.3 Å². The fourth-order valence-electron chi connectivity index (χ4n) is 3.94. The molecule has 1 atom stereocenters. The van der Waals surface area contributed by atoms with Gasteiger partial charge < -0.3 is 15.0 Å². The lowest BCUT2D eigenvalue weighted by Gasteiger charge is -2.34. The van der Waals surface area contributed by atoms with E-state index in [9.17, 15) is 9.59 Å². The molecule has 2 aliphatic rings. The molecule has 1 aromatic heterocycles. The lowest BCUT2D eigenvalue weighted by atomic mass is 9.96. The van der Waals surface area contributed by atoms with Crippen molar-refractivity contribution in [1.82, 2.24) is 30.1 Å². The number of nitrogens with one attached hydrogen (secondary N) is 1. The van der Waals surface area contributed by atoms with E-state index < -0.39 is 0 Å². The van der Waals surface area contributed by atoms with E-state index >= 15 is 0 Å². The SMILES string of the molecule is O=C(NCCn1nnc2ccccc21)[C@@H]1CCC(=O)N(CCN2CCOCC2)C1. The Labute approximate surface area is 170 Å². The second kappa shape index (κ2) is 9.32. The number of hydrogen-bond donors (Lipinski definition) is 1. The Morgan fingerprint density at radius 1 is 1.17 bits per heavy atom. The number of ether oxygens (including phenoxy) is 1. The molecule has 2 fully saturated rings. The molecule has 0 unspecified atom stereocenters. The first-order valence-electron chi connectivity index (χ1n) is 10.3. The zero-order valence-electron chi connectivity index (χ0n) is 16.6. The standard InChI is InChI=1S/C20H28N6O3/c27-19-6-5-16(15-25(19)10-9-24-11-13-29-14-12-24)20(28)21-7-8-26-18-4-2-1-3-17(18)22-23-26/h1-4,16H,5-15H2,(H,21,28)/t16-/m1/s1. The molecule has 0 aliphatic carbocycles. The molecule has 2 saturated heterocycles. The van der Waals surface area contributed by atoms with E-state index in [0.717, 1.165) is 43.9 Å². The Morgan fingerprint density at radius 3 is 2.86 bits per heavy atom. The minimum Gasteiger partial charge on any atom is -0.379 e. The van der Waals surface area contributed by atoms with E-state index in [2.05, 4.69) is 20.5 Å². The number of para-hydroxylation sites is 1. The molecule has 0 spiro atoms. The van der Waals surface area contributed by atoms with E-state index in [4.69, 9.17) is 4.74 Å². The van der Waals surface area contributed by atoms with Crippen molar-refractivity contribution in [1.29, 1.82) is 0 Å². The van der Waals surface area contributed by atoms with E-state index in [1.807, 2.05) is 29.2 Å². The molecular weight excluding hydrogens is 372 g/mol. The Morgan fingerprint density at radius 2 is 2.00 bits per heavy atom. The number of fused-ring (bicyclic) bond motifs is 1.